The van der Waals surface area contributed by atoms with Crippen LogP contribution in [0.3, 0.4) is 0 Å². The van der Waals surface area contributed by atoms with Crippen molar-refractivity contribution in [2.45, 2.75) is 6.92 Å². The molecule has 0 bridgehead atoms. The summed E-state index contributed by atoms with van der Waals surface area (Å²) in [6.07, 6.45) is 1.73. The first-order chi connectivity index (χ1) is 10.5. The zero-order valence-electron chi connectivity index (χ0n) is 11.9. The molecular weight excluding hydrogens is 382 g/mol. The number of rotatable bonds is 2. The highest BCUT2D eigenvalue weighted by Gasteiger charge is 2.29. The molecule has 0 atom stereocenters. The molecule has 2 aromatic rings. The van der Waals surface area contributed by atoms with Gasteiger partial charge in [-0.25, -0.2) is 0 Å². The molecule has 3 nitrogen and oxygen atoms in total. The second-order valence-corrected chi connectivity index (χ2v) is 7.46. The van der Waals surface area contributed by atoms with Crippen LogP contribution >= 0.6 is 39.9 Å². The van der Waals surface area contributed by atoms with Gasteiger partial charge in [-0.2, -0.15) is 0 Å². The lowest BCUT2D eigenvalue weighted by Crippen LogP contribution is -2.22. The molecule has 0 N–H and O–H groups in total. The molecule has 2 heterocycles. The van der Waals surface area contributed by atoms with Crippen LogP contribution in [0, 0.1) is 6.92 Å². The van der Waals surface area contributed by atoms with E-state index in [4.69, 9.17) is 16.6 Å². The van der Waals surface area contributed by atoms with Gasteiger partial charge in [0.15, 0.2) is 0 Å². The van der Waals surface area contributed by atoms with Gasteiger partial charge in [0.1, 0.15) is 15.8 Å². The number of hydrogen-bond donors (Lipinski definition) is 0. The average Bonchev–Trinajstić information content (AvgIpc) is 3.01. The number of thiocarbonyl (C=S) groups is 1. The standard InChI is InChI=1S/C16H12BrNO2S2/c1-9-3-5-11(12(17)7-9)13-6-4-10(20-13)8-14-15(19)18(2)16(21)22-14/h3-8H,1-2H3/b14-8-. The average molecular weight is 394 g/mol. The van der Waals surface area contributed by atoms with Crippen molar-refractivity contribution in [2.75, 3.05) is 7.05 Å². The lowest BCUT2D eigenvalue weighted by molar-refractivity contribution is -0.121. The Morgan fingerprint density at radius 1 is 1.32 bits per heavy atom. The molecule has 22 heavy (non-hydrogen) atoms. The molecule has 0 saturated carbocycles. The van der Waals surface area contributed by atoms with Crippen molar-refractivity contribution in [3.8, 4) is 11.3 Å². The summed E-state index contributed by atoms with van der Waals surface area (Å²) in [5, 5.41) is 0. The topological polar surface area (TPSA) is 33.5 Å². The van der Waals surface area contributed by atoms with Gasteiger partial charge < -0.3 is 4.42 Å². The first-order valence-corrected chi connectivity index (χ1v) is 8.55. The van der Waals surface area contributed by atoms with Gasteiger partial charge in [-0.15, -0.1) is 0 Å². The number of hydrogen-bond acceptors (Lipinski definition) is 4. The van der Waals surface area contributed by atoms with Crippen LogP contribution in [0.4, 0.5) is 0 Å². The van der Waals surface area contributed by atoms with Crippen LogP contribution in [-0.2, 0) is 4.79 Å². The maximum atomic E-state index is 12.0. The van der Waals surface area contributed by atoms with E-state index in [0.29, 0.717) is 15.0 Å². The molecule has 0 radical (unpaired) electrons. The fraction of sp³-hybridized carbons (Fsp3) is 0.125. The van der Waals surface area contributed by atoms with E-state index in [1.807, 2.05) is 37.3 Å². The lowest BCUT2D eigenvalue weighted by atomic mass is 10.1. The van der Waals surface area contributed by atoms with Crippen LogP contribution < -0.4 is 0 Å². The summed E-state index contributed by atoms with van der Waals surface area (Å²) in [6.45, 7) is 2.04. The minimum Gasteiger partial charge on any atom is -0.457 e. The summed E-state index contributed by atoms with van der Waals surface area (Å²) >= 11 is 9.95. The molecule has 3 rings (SSSR count). The van der Waals surface area contributed by atoms with Crippen molar-refractivity contribution in [1.82, 2.24) is 4.90 Å². The van der Waals surface area contributed by atoms with E-state index >= 15 is 0 Å². The predicted octanol–water partition coefficient (Wildman–Crippen LogP) is 4.85. The Labute approximate surface area is 146 Å². The summed E-state index contributed by atoms with van der Waals surface area (Å²) in [5.41, 5.74) is 2.15. The van der Waals surface area contributed by atoms with Crippen molar-refractivity contribution in [3.05, 3.63) is 51.0 Å². The molecule has 1 aromatic carbocycles. The molecule has 1 aliphatic rings. The van der Waals surface area contributed by atoms with Gasteiger partial charge in [-0.3, -0.25) is 9.69 Å². The molecule has 1 aliphatic heterocycles. The first-order valence-electron chi connectivity index (χ1n) is 6.53. The minimum atomic E-state index is -0.0931. The van der Waals surface area contributed by atoms with Gasteiger partial charge >= 0.3 is 0 Å². The summed E-state index contributed by atoms with van der Waals surface area (Å²) < 4.78 is 7.38. The molecule has 0 aliphatic carbocycles. The number of amides is 1. The van der Waals surface area contributed by atoms with E-state index in [9.17, 15) is 4.79 Å². The van der Waals surface area contributed by atoms with E-state index in [1.165, 1.54) is 22.2 Å². The van der Waals surface area contributed by atoms with Gasteiger partial charge in [0, 0.05) is 23.2 Å². The number of carbonyl (C=O) groups excluding carboxylic acids is 1. The molecule has 112 valence electrons. The fourth-order valence-corrected chi connectivity index (χ4v) is 3.92. The second kappa shape index (κ2) is 6.02. The van der Waals surface area contributed by atoms with Crippen LogP contribution in [0.2, 0.25) is 0 Å². The van der Waals surface area contributed by atoms with Crippen molar-refractivity contribution >= 4 is 56.2 Å². The van der Waals surface area contributed by atoms with E-state index < -0.39 is 0 Å². The normalized spacial score (nSPS) is 16.9. The summed E-state index contributed by atoms with van der Waals surface area (Å²) in [7, 11) is 1.68. The highest BCUT2D eigenvalue weighted by atomic mass is 79.9. The van der Waals surface area contributed by atoms with Crippen LogP contribution in [0.1, 0.15) is 11.3 Å². The quantitative estimate of drug-likeness (QED) is 0.539. The number of aryl methyl sites for hydroxylation is 1. The molecule has 1 amide bonds. The zero-order chi connectivity index (χ0) is 15.9. The van der Waals surface area contributed by atoms with Crippen LogP contribution in [0.25, 0.3) is 17.4 Å². The molecule has 1 fully saturated rings. The third-order valence-corrected chi connectivity index (χ3v) is 5.42. The van der Waals surface area contributed by atoms with Crippen molar-refractivity contribution in [1.29, 1.82) is 0 Å². The minimum absolute atomic E-state index is 0.0931. The predicted molar refractivity (Wildman–Crippen MR) is 97.5 cm³/mol. The molecule has 0 spiro atoms. The Morgan fingerprint density at radius 3 is 2.73 bits per heavy atom. The number of likely N-dealkylation sites (N-methyl/N-ethyl adjacent to an activating group) is 1. The number of carbonyl (C=O) groups is 1. The van der Waals surface area contributed by atoms with Gasteiger partial charge in [-0.1, -0.05) is 46.0 Å². The lowest BCUT2D eigenvalue weighted by Gasteiger charge is -2.03. The molecule has 0 unspecified atom stereocenters. The monoisotopic (exact) mass is 393 g/mol. The highest BCUT2D eigenvalue weighted by molar-refractivity contribution is 9.10. The highest BCUT2D eigenvalue weighted by Crippen LogP contribution is 2.34. The van der Waals surface area contributed by atoms with Gasteiger partial charge in [0.05, 0.1) is 4.91 Å². The smallest absolute Gasteiger partial charge is 0.266 e. The number of halogens is 1. The van der Waals surface area contributed by atoms with Gasteiger partial charge in [0.2, 0.25) is 0 Å². The number of furan rings is 1. The van der Waals surface area contributed by atoms with Crippen LogP contribution in [0.15, 0.2) is 44.1 Å². The SMILES string of the molecule is Cc1ccc(-c2ccc(/C=C3\SC(=S)N(C)C3=O)o2)c(Br)c1. The van der Waals surface area contributed by atoms with Crippen molar-refractivity contribution in [3.63, 3.8) is 0 Å². The largest absolute Gasteiger partial charge is 0.457 e. The number of benzene rings is 1. The Kier molecular flexibility index (Phi) is 4.25. The van der Waals surface area contributed by atoms with Crippen LogP contribution in [0.5, 0.6) is 0 Å². The third-order valence-electron chi connectivity index (χ3n) is 3.28. The maximum Gasteiger partial charge on any atom is 0.266 e. The maximum absolute atomic E-state index is 12.0. The molecular formula is C16H12BrNO2S2. The Hall–Kier alpha value is -1.37. The number of nitrogens with zero attached hydrogens (tertiary/aromatic N) is 1. The van der Waals surface area contributed by atoms with Crippen molar-refractivity contribution in [2.24, 2.45) is 0 Å². The summed E-state index contributed by atoms with van der Waals surface area (Å²) in [6, 6.07) is 9.83. The molecule has 1 saturated heterocycles. The Bertz CT molecular complexity index is 810. The molecule has 6 heteroatoms. The van der Waals surface area contributed by atoms with Gasteiger partial charge in [0.25, 0.3) is 5.91 Å². The van der Waals surface area contributed by atoms with Gasteiger partial charge in [-0.05, 0) is 36.8 Å². The summed E-state index contributed by atoms with van der Waals surface area (Å²) in [5.74, 6) is 1.30. The Balaban J connectivity index is 1.92. The third kappa shape index (κ3) is 2.91. The van der Waals surface area contributed by atoms with E-state index in [1.54, 1.807) is 13.1 Å². The fourth-order valence-electron chi connectivity index (χ4n) is 2.07. The van der Waals surface area contributed by atoms with E-state index in [0.717, 1.165) is 15.8 Å². The van der Waals surface area contributed by atoms with E-state index in [2.05, 4.69) is 15.9 Å². The molecule has 1 aromatic heterocycles. The summed E-state index contributed by atoms with van der Waals surface area (Å²) in [4.78, 5) is 14.0. The first kappa shape index (κ1) is 15.5. The number of thioether (sulfide) groups is 1. The second-order valence-electron chi connectivity index (χ2n) is 4.93. The van der Waals surface area contributed by atoms with Crippen molar-refractivity contribution < 1.29 is 9.21 Å². The van der Waals surface area contributed by atoms with Crippen LogP contribution in [-0.4, -0.2) is 22.2 Å². The Morgan fingerprint density at radius 2 is 2.09 bits per heavy atom. The zero-order valence-corrected chi connectivity index (χ0v) is 15.1. The van der Waals surface area contributed by atoms with E-state index in [-0.39, 0.29) is 5.91 Å².